The minimum Gasteiger partial charge on any atom is -0.481 e. The van der Waals surface area contributed by atoms with Crippen LogP contribution in [0, 0.1) is 6.92 Å². The van der Waals surface area contributed by atoms with Crippen LogP contribution in [0.5, 0.6) is 0 Å². The van der Waals surface area contributed by atoms with Gasteiger partial charge in [-0.25, -0.2) is 4.98 Å². The van der Waals surface area contributed by atoms with Crippen molar-refractivity contribution in [2.75, 3.05) is 3.76 Å². The third-order valence-electron chi connectivity index (χ3n) is 1.36. The Labute approximate surface area is 98.1 Å². The van der Waals surface area contributed by atoms with Crippen LogP contribution in [0.4, 0.5) is 0 Å². The minimum atomic E-state index is -0.794. The fourth-order valence-electron chi connectivity index (χ4n) is 0.811. The highest BCUT2D eigenvalue weighted by Crippen LogP contribution is 2.28. The van der Waals surface area contributed by atoms with E-state index in [9.17, 15) is 4.79 Å². The van der Waals surface area contributed by atoms with Gasteiger partial charge in [-0.05, 0) is 6.92 Å². The SMILES string of the molecule is Cc1nc(SCI)sc1CC(=O)O. The minimum absolute atomic E-state index is 0.0886. The van der Waals surface area contributed by atoms with E-state index in [1.165, 1.54) is 11.3 Å². The van der Waals surface area contributed by atoms with Gasteiger partial charge in [0.2, 0.25) is 0 Å². The fraction of sp³-hybridized carbons (Fsp3) is 0.429. The number of aliphatic carboxylic acids is 1. The monoisotopic (exact) mass is 329 g/mol. The molecule has 0 saturated carbocycles. The Morgan fingerprint density at radius 3 is 3.00 bits per heavy atom. The van der Waals surface area contributed by atoms with E-state index in [-0.39, 0.29) is 6.42 Å². The maximum absolute atomic E-state index is 10.5. The molecule has 13 heavy (non-hydrogen) atoms. The van der Waals surface area contributed by atoms with Crippen LogP contribution < -0.4 is 0 Å². The zero-order valence-electron chi connectivity index (χ0n) is 6.91. The fourth-order valence-corrected chi connectivity index (χ4v) is 4.12. The quantitative estimate of drug-likeness (QED) is 0.524. The molecule has 0 amide bonds. The van der Waals surface area contributed by atoms with Crippen molar-refractivity contribution in [3.05, 3.63) is 10.6 Å². The zero-order valence-corrected chi connectivity index (χ0v) is 10.7. The predicted octanol–water partition coefficient (Wildman–Crippen LogP) is 2.56. The first kappa shape index (κ1) is 11.3. The van der Waals surface area contributed by atoms with Crippen LogP contribution in [0.1, 0.15) is 10.6 Å². The molecule has 72 valence electrons. The Morgan fingerprint density at radius 2 is 2.46 bits per heavy atom. The van der Waals surface area contributed by atoms with E-state index in [2.05, 4.69) is 27.6 Å². The number of thioether (sulfide) groups is 1. The highest BCUT2D eigenvalue weighted by Gasteiger charge is 2.10. The van der Waals surface area contributed by atoms with Gasteiger partial charge < -0.3 is 5.11 Å². The number of thiazole rings is 1. The molecule has 0 aliphatic carbocycles. The van der Waals surface area contributed by atoms with E-state index in [0.717, 1.165) is 18.7 Å². The Hall–Kier alpha value is 0.180. The van der Waals surface area contributed by atoms with Crippen LogP contribution in [0.2, 0.25) is 0 Å². The Balaban J connectivity index is 2.77. The van der Waals surface area contributed by atoms with E-state index in [1.807, 2.05) is 6.92 Å². The molecule has 0 aliphatic rings. The van der Waals surface area contributed by atoms with Crippen molar-refractivity contribution in [3.8, 4) is 0 Å². The van der Waals surface area contributed by atoms with Crippen molar-refractivity contribution in [2.24, 2.45) is 0 Å². The highest BCUT2D eigenvalue weighted by atomic mass is 127. The molecule has 1 heterocycles. The lowest BCUT2D eigenvalue weighted by Crippen LogP contribution is -1.99. The molecule has 0 aliphatic heterocycles. The van der Waals surface area contributed by atoms with Gasteiger partial charge in [0.25, 0.3) is 0 Å². The van der Waals surface area contributed by atoms with E-state index in [0.29, 0.717) is 0 Å². The van der Waals surface area contributed by atoms with Gasteiger partial charge in [0.1, 0.15) is 0 Å². The standard InChI is InChI=1S/C7H8INO2S2/c1-4-5(2-6(10)11)13-7(9-4)12-3-8/h2-3H2,1H3,(H,10,11). The third-order valence-corrected chi connectivity index (χ3v) is 4.30. The summed E-state index contributed by atoms with van der Waals surface area (Å²) in [6.45, 7) is 1.85. The summed E-state index contributed by atoms with van der Waals surface area (Å²) >= 11 is 5.37. The lowest BCUT2D eigenvalue weighted by Gasteiger charge is -1.89. The number of aryl methyl sites for hydroxylation is 1. The molecule has 0 saturated heterocycles. The van der Waals surface area contributed by atoms with Crippen LogP contribution in [0.25, 0.3) is 0 Å². The number of hydrogen-bond donors (Lipinski definition) is 1. The topological polar surface area (TPSA) is 50.2 Å². The molecule has 0 bridgehead atoms. The number of carboxylic acid groups (broad SMARTS) is 1. The number of carboxylic acids is 1. The highest BCUT2D eigenvalue weighted by molar-refractivity contribution is 14.1. The number of hydrogen-bond acceptors (Lipinski definition) is 4. The van der Waals surface area contributed by atoms with Gasteiger partial charge in [0, 0.05) is 4.88 Å². The summed E-state index contributed by atoms with van der Waals surface area (Å²) in [5.41, 5.74) is 0.847. The average molecular weight is 329 g/mol. The molecule has 3 nitrogen and oxygen atoms in total. The molecule has 0 unspecified atom stereocenters. The molecule has 1 aromatic rings. The summed E-state index contributed by atoms with van der Waals surface area (Å²) < 4.78 is 1.90. The largest absolute Gasteiger partial charge is 0.481 e. The molecular weight excluding hydrogens is 321 g/mol. The number of carbonyl (C=O) groups is 1. The van der Waals surface area contributed by atoms with Gasteiger partial charge in [0.15, 0.2) is 4.34 Å². The first-order chi connectivity index (χ1) is 6.13. The van der Waals surface area contributed by atoms with E-state index in [4.69, 9.17) is 5.11 Å². The van der Waals surface area contributed by atoms with Gasteiger partial charge >= 0.3 is 5.97 Å². The molecule has 1 aromatic heterocycles. The van der Waals surface area contributed by atoms with Crippen molar-refractivity contribution in [1.82, 2.24) is 4.98 Å². The second kappa shape index (κ2) is 5.16. The van der Waals surface area contributed by atoms with Crippen molar-refractivity contribution >= 4 is 51.7 Å². The van der Waals surface area contributed by atoms with Gasteiger partial charge in [-0.15, -0.1) is 11.3 Å². The predicted molar refractivity (Wildman–Crippen MR) is 62.9 cm³/mol. The van der Waals surface area contributed by atoms with Crippen molar-refractivity contribution < 1.29 is 9.90 Å². The molecule has 0 aromatic carbocycles. The van der Waals surface area contributed by atoms with Crippen LogP contribution in [0.15, 0.2) is 4.34 Å². The van der Waals surface area contributed by atoms with Gasteiger partial charge in [-0.2, -0.15) is 0 Å². The molecule has 1 N–H and O–H groups in total. The first-order valence-electron chi connectivity index (χ1n) is 3.50. The first-order valence-corrected chi connectivity index (χ1v) is 6.83. The van der Waals surface area contributed by atoms with Crippen molar-refractivity contribution in [3.63, 3.8) is 0 Å². The second-order valence-corrected chi connectivity index (χ2v) is 6.42. The van der Waals surface area contributed by atoms with Gasteiger partial charge in [-0.1, -0.05) is 34.4 Å². The number of alkyl halides is 1. The molecule has 1 rings (SSSR count). The van der Waals surface area contributed by atoms with Crippen molar-refractivity contribution in [2.45, 2.75) is 17.7 Å². The summed E-state index contributed by atoms with van der Waals surface area (Å²) in [5.74, 6) is -0.794. The maximum Gasteiger partial charge on any atom is 0.308 e. The molecule has 0 spiro atoms. The summed E-state index contributed by atoms with van der Waals surface area (Å²) in [5, 5.41) is 8.60. The molecule has 6 heteroatoms. The number of aromatic nitrogens is 1. The number of halogens is 1. The Bertz CT molecular complexity index is 313. The summed E-state index contributed by atoms with van der Waals surface area (Å²) in [6.07, 6.45) is 0.0886. The lowest BCUT2D eigenvalue weighted by molar-refractivity contribution is -0.136. The average Bonchev–Trinajstić information content (AvgIpc) is 2.31. The molecular formula is C7H8INO2S2. The zero-order chi connectivity index (χ0) is 9.84. The van der Waals surface area contributed by atoms with Crippen LogP contribution in [0.3, 0.4) is 0 Å². The second-order valence-electron chi connectivity index (χ2n) is 2.31. The van der Waals surface area contributed by atoms with Gasteiger partial charge in [0.05, 0.1) is 15.9 Å². The van der Waals surface area contributed by atoms with E-state index < -0.39 is 5.97 Å². The summed E-state index contributed by atoms with van der Waals surface area (Å²) in [7, 11) is 0. The maximum atomic E-state index is 10.5. The number of nitrogens with zero attached hydrogens (tertiary/aromatic N) is 1. The van der Waals surface area contributed by atoms with Crippen LogP contribution in [-0.2, 0) is 11.2 Å². The van der Waals surface area contributed by atoms with Crippen LogP contribution >= 0.6 is 45.7 Å². The smallest absolute Gasteiger partial charge is 0.308 e. The number of rotatable bonds is 4. The Morgan fingerprint density at radius 1 is 1.77 bits per heavy atom. The van der Waals surface area contributed by atoms with E-state index >= 15 is 0 Å². The third kappa shape index (κ3) is 3.43. The van der Waals surface area contributed by atoms with Crippen LogP contribution in [-0.4, -0.2) is 19.8 Å². The molecule has 0 atom stereocenters. The van der Waals surface area contributed by atoms with Gasteiger partial charge in [-0.3, -0.25) is 4.79 Å². The van der Waals surface area contributed by atoms with E-state index in [1.54, 1.807) is 11.8 Å². The molecule has 0 fully saturated rings. The Kier molecular flexibility index (Phi) is 4.47. The molecule has 0 radical (unpaired) electrons. The lowest BCUT2D eigenvalue weighted by atomic mass is 10.3. The summed E-state index contributed by atoms with van der Waals surface area (Å²) in [4.78, 5) is 15.6. The normalized spacial score (nSPS) is 10.3. The summed E-state index contributed by atoms with van der Waals surface area (Å²) in [6, 6.07) is 0. The van der Waals surface area contributed by atoms with Crippen molar-refractivity contribution in [1.29, 1.82) is 0 Å².